The summed E-state index contributed by atoms with van der Waals surface area (Å²) in [6, 6.07) is 0.314. The number of ether oxygens (including phenoxy) is 1. The van der Waals surface area contributed by atoms with Crippen LogP contribution in [0.25, 0.3) is 0 Å². The van der Waals surface area contributed by atoms with Gasteiger partial charge < -0.3 is 15.4 Å². The fourth-order valence-electron chi connectivity index (χ4n) is 3.04. The molecule has 3 unspecified atom stereocenters. The van der Waals surface area contributed by atoms with E-state index in [-0.39, 0.29) is 11.5 Å². The van der Waals surface area contributed by atoms with Gasteiger partial charge in [0, 0.05) is 19.1 Å². The molecule has 1 spiro atoms. The number of carbonyl (C=O) groups excluding carboxylic acids is 1. The lowest BCUT2D eigenvalue weighted by Crippen LogP contribution is -2.56. The summed E-state index contributed by atoms with van der Waals surface area (Å²) < 4.78 is 5.40. The van der Waals surface area contributed by atoms with Gasteiger partial charge in [-0.25, -0.2) is 4.79 Å². The van der Waals surface area contributed by atoms with Crippen molar-refractivity contribution >= 4 is 6.09 Å². The first-order valence-electron chi connectivity index (χ1n) is 6.47. The van der Waals surface area contributed by atoms with Crippen LogP contribution in [0.5, 0.6) is 0 Å². The van der Waals surface area contributed by atoms with Gasteiger partial charge in [0.2, 0.25) is 0 Å². The van der Waals surface area contributed by atoms with Crippen molar-refractivity contribution in [2.24, 2.45) is 17.1 Å². The maximum atomic E-state index is 11.9. The van der Waals surface area contributed by atoms with Gasteiger partial charge in [0.15, 0.2) is 0 Å². The van der Waals surface area contributed by atoms with Crippen molar-refractivity contribution in [3.8, 4) is 0 Å². The summed E-state index contributed by atoms with van der Waals surface area (Å²) >= 11 is 0. The molecule has 0 bridgehead atoms. The van der Waals surface area contributed by atoms with Gasteiger partial charge in [0.05, 0.1) is 0 Å². The number of hydrogen-bond acceptors (Lipinski definition) is 3. The highest BCUT2D eigenvalue weighted by atomic mass is 16.6. The molecule has 2 aliphatic rings. The number of rotatable bonds is 0. The van der Waals surface area contributed by atoms with Gasteiger partial charge in [-0.15, -0.1) is 0 Å². The number of carbonyl (C=O) groups is 1. The van der Waals surface area contributed by atoms with Gasteiger partial charge in [0.25, 0.3) is 0 Å². The van der Waals surface area contributed by atoms with E-state index in [4.69, 9.17) is 10.5 Å². The zero-order valence-electron chi connectivity index (χ0n) is 11.3. The topological polar surface area (TPSA) is 55.6 Å². The Morgan fingerprint density at radius 1 is 1.47 bits per heavy atom. The predicted molar refractivity (Wildman–Crippen MR) is 66.6 cm³/mol. The largest absolute Gasteiger partial charge is 0.444 e. The molecule has 1 aliphatic carbocycles. The van der Waals surface area contributed by atoms with Crippen molar-refractivity contribution < 1.29 is 9.53 Å². The number of likely N-dealkylation sites (tertiary alicyclic amines) is 1. The van der Waals surface area contributed by atoms with E-state index in [1.807, 2.05) is 25.7 Å². The summed E-state index contributed by atoms with van der Waals surface area (Å²) in [6.07, 6.45) is 1.94. The Morgan fingerprint density at radius 2 is 2.12 bits per heavy atom. The maximum absolute atomic E-state index is 11.9. The fraction of sp³-hybridized carbons (Fsp3) is 0.923. The zero-order valence-corrected chi connectivity index (χ0v) is 11.3. The molecule has 1 heterocycles. The standard InChI is InChI=1S/C13H24N2O2/c1-9-10(14)7-13(9)5-6-15(8-13)11(16)17-12(2,3)4/h9-10H,5-8,14H2,1-4H3. The van der Waals surface area contributed by atoms with Gasteiger partial charge in [0.1, 0.15) is 5.60 Å². The summed E-state index contributed by atoms with van der Waals surface area (Å²) in [7, 11) is 0. The lowest BCUT2D eigenvalue weighted by atomic mass is 9.57. The molecule has 2 rings (SSSR count). The minimum absolute atomic E-state index is 0.179. The third-order valence-corrected chi connectivity index (χ3v) is 4.29. The highest BCUT2D eigenvalue weighted by molar-refractivity contribution is 5.68. The van der Waals surface area contributed by atoms with Gasteiger partial charge >= 0.3 is 6.09 Å². The first-order chi connectivity index (χ1) is 7.73. The van der Waals surface area contributed by atoms with Gasteiger partial charge in [-0.1, -0.05) is 6.92 Å². The van der Waals surface area contributed by atoms with Crippen LogP contribution in [0.1, 0.15) is 40.5 Å². The van der Waals surface area contributed by atoms with Gasteiger partial charge in [-0.2, -0.15) is 0 Å². The Balaban J connectivity index is 1.93. The Hall–Kier alpha value is -0.770. The second-order valence-corrected chi connectivity index (χ2v) is 6.67. The molecular formula is C13H24N2O2. The van der Waals surface area contributed by atoms with Crippen molar-refractivity contribution in [1.82, 2.24) is 4.90 Å². The lowest BCUT2D eigenvalue weighted by molar-refractivity contribution is 0.00680. The first-order valence-corrected chi connectivity index (χ1v) is 6.47. The Labute approximate surface area is 103 Å². The van der Waals surface area contributed by atoms with Crippen LogP contribution in [-0.4, -0.2) is 35.7 Å². The van der Waals surface area contributed by atoms with E-state index < -0.39 is 5.60 Å². The second-order valence-electron chi connectivity index (χ2n) is 6.67. The molecule has 1 aliphatic heterocycles. The lowest BCUT2D eigenvalue weighted by Gasteiger charge is -2.50. The Kier molecular flexibility index (Phi) is 2.89. The molecule has 1 saturated carbocycles. The van der Waals surface area contributed by atoms with Crippen molar-refractivity contribution in [3.63, 3.8) is 0 Å². The van der Waals surface area contributed by atoms with Crippen molar-refractivity contribution in [2.75, 3.05) is 13.1 Å². The minimum Gasteiger partial charge on any atom is -0.444 e. The fourth-order valence-corrected chi connectivity index (χ4v) is 3.04. The molecule has 3 atom stereocenters. The molecule has 17 heavy (non-hydrogen) atoms. The zero-order chi connectivity index (χ0) is 12.8. The van der Waals surface area contributed by atoms with Crippen LogP contribution in [0, 0.1) is 11.3 Å². The smallest absolute Gasteiger partial charge is 0.410 e. The van der Waals surface area contributed by atoms with Crippen molar-refractivity contribution in [2.45, 2.75) is 52.2 Å². The van der Waals surface area contributed by atoms with Crippen molar-refractivity contribution in [1.29, 1.82) is 0 Å². The number of amides is 1. The molecule has 4 nitrogen and oxygen atoms in total. The van der Waals surface area contributed by atoms with Gasteiger partial charge in [-0.3, -0.25) is 0 Å². The van der Waals surface area contributed by atoms with E-state index in [2.05, 4.69) is 6.92 Å². The molecule has 4 heteroatoms. The predicted octanol–water partition coefficient (Wildman–Crippen LogP) is 1.98. The Bertz CT molecular complexity index is 324. The number of hydrogen-bond donors (Lipinski definition) is 1. The van der Waals surface area contributed by atoms with Crippen molar-refractivity contribution in [3.05, 3.63) is 0 Å². The van der Waals surface area contributed by atoms with E-state index in [9.17, 15) is 4.79 Å². The quantitative estimate of drug-likeness (QED) is 0.704. The summed E-state index contributed by atoms with van der Waals surface area (Å²) in [5, 5.41) is 0. The average Bonchev–Trinajstić information content (AvgIpc) is 2.62. The Morgan fingerprint density at radius 3 is 2.59 bits per heavy atom. The van der Waals surface area contributed by atoms with E-state index in [0.29, 0.717) is 12.0 Å². The van der Waals surface area contributed by atoms with Gasteiger partial charge in [-0.05, 0) is 44.9 Å². The molecule has 98 valence electrons. The first kappa shape index (κ1) is 12.7. The molecular weight excluding hydrogens is 216 g/mol. The van der Waals surface area contributed by atoms with Crippen LogP contribution >= 0.6 is 0 Å². The van der Waals surface area contributed by atoms with E-state index in [0.717, 1.165) is 25.9 Å². The molecule has 1 saturated heterocycles. The van der Waals surface area contributed by atoms with Crippen LogP contribution in [0.4, 0.5) is 4.79 Å². The van der Waals surface area contributed by atoms with E-state index in [1.54, 1.807) is 0 Å². The summed E-state index contributed by atoms with van der Waals surface area (Å²) in [5.74, 6) is 0.523. The van der Waals surface area contributed by atoms with E-state index in [1.165, 1.54) is 0 Å². The number of nitrogens with two attached hydrogens (primary N) is 1. The summed E-state index contributed by atoms with van der Waals surface area (Å²) in [6.45, 7) is 9.53. The highest BCUT2D eigenvalue weighted by Gasteiger charge is 2.54. The number of nitrogens with zero attached hydrogens (tertiary/aromatic N) is 1. The SMILES string of the molecule is CC1C(N)CC12CCN(C(=O)OC(C)(C)C)C2. The van der Waals surface area contributed by atoms with Crippen LogP contribution in [0.15, 0.2) is 0 Å². The molecule has 2 fully saturated rings. The minimum atomic E-state index is -0.408. The van der Waals surface area contributed by atoms with Crippen LogP contribution < -0.4 is 5.73 Å². The summed E-state index contributed by atoms with van der Waals surface area (Å²) in [4.78, 5) is 13.8. The van der Waals surface area contributed by atoms with Crippen LogP contribution in [0.2, 0.25) is 0 Å². The van der Waals surface area contributed by atoms with Crippen LogP contribution in [0.3, 0.4) is 0 Å². The molecule has 0 aromatic carbocycles. The maximum Gasteiger partial charge on any atom is 0.410 e. The second kappa shape index (κ2) is 3.87. The molecule has 0 aromatic rings. The van der Waals surface area contributed by atoms with Crippen LogP contribution in [-0.2, 0) is 4.74 Å². The third-order valence-electron chi connectivity index (χ3n) is 4.29. The molecule has 2 N–H and O–H groups in total. The van der Waals surface area contributed by atoms with E-state index >= 15 is 0 Å². The molecule has 1 amide bonds. The molecule has 0 aromatic heterocycles. The highest BCUT2D eigenvalue weighted by Crippen LogP contribution is 2.51. The monoisotopic (exact) mass is 240 g/mol. The molecule has 0 radical (unpaired) electrons. The average molecular weight is 240 g/mol. The summed E-state index contributed by atoms with van der Waals surface area (Å²) in [5.41, 5.74) is 5.83. The normalized spacial score (nSPS) is 37.1. The third kappa shape index (κ3) is 2.28.